The molecule has 0 saturated heterocycles. The first-order valence-electron chi connectivity index (χ1n) is 11.9. The molecule has 3 unspecified atom stereocenters. The summed E-state index contributed by atoms with van der Waals surface area (Å²) in [6, 6.07) is 0. The minimum absolute atomic E-state index is 0. The average Bonchev–Trinajstić information content (AvgIpc) is 2.67. The quantitative estimate of drug-likeness (QED) is 0.175. The van der Waals surface area contributed by atoms with Crippen LogP contribution in [0, 0.1) is 5.92 Å². The van der Waals surface area contributed by atoms with Gasteiger partial charge in [0.2, 0.25) is 0 Å². The predicted molar refractivity (Wildman–Crippen MR) is 121 cm³/mol. The number of hydrogen-bond donors (Lipinski definition) is 0. The number of hydrogen-bond acceptors (Lipinski definition) is 4. The molecule has 1 aliphatic carbocycles. The van der Waals surface area contributed by atoms with Crippen molar-refractivity contribution in [3.63, 3.8) is 0 Å². The first-order valence-corrected chi connectivity index (χ1v) is 13.4. The van der Waals surface area contributed by atoms with Gasteiger partial charge in [0, 0.05) is 5.92 Å². The summed E-state index contributed by atoms with van der Waals surface area (Å²) in [6.07, 6.45) is 25.2. The van der Waals surface area contributed by atoms with Gasteiger partial charge in [0.1, 0.15) is 0 Å². The van der Waals surface area contributed by atoms with E-state index < -0.39 is 13.4 Å². The van der Waals surface area contributed by atoms with Crippen LogP contribution < -0.4 is 34.5 Å². The Bertz CT molecular complexity index is 523. The molecule has 1 rings (SSSR count). The molecule has 0 aromatic rings. The Hall–Kier alpha value is 0.590. The summed E-state index contributed by atoms with van der Waals surface area (Å²) in [5.74, 6) is -0.0144. The Kier molecular flexibility index (Phi) is 18.4. The standard InChI is InChI=1S/C24H45O4P.Na/c1-4-5-6-7-8-9-10-11-12-13-14-15-16-19-22-27-29(25,26)28-24(3)21-18-17-20-23(24)2;/h17-18,20-21,23H,4-16,19,22H2,1-3H3,(H,25,26);/q;+1/p-1. The van der Waals surface area contributed by atoms with Gasteiger partial charge in [0.15, 0.2) is 0 Å². The van der Waals surface area contributed by atoms with Gasteiger partial charge in [0.05, 0.1) is 12.2 Å². The minimum Gasteiger partial charge on any atom is -0.756 e. The van der Waals surface area contributed by atoms with Crippen molar-refractivity contribution in [2.24, 2.45) is 5.92 Å². The van der Waals surface area contributed by atoms with Crippen molar-refractivity contribution < 1.29 is 48.1 Å². The van der Waals surface area contributed by atoms with Gasteiger partial charge >= 0.3 is 29.6 Å². The fourth-order valence-electron chi connectivity index (χ4n) is 3.67. The topological polar surface area (TPSA) is 58.6 Å². The van der Waals surface area contributed by atoms with Crippen molar-refractivity contribution in [3.05, 3.63) is 24.3 Å². The fraction of sp³-hybridized carbons (Fsp3) is 0.833. The molecule has 0 radical (unpaired) electrons. The van der Waals surface area contributed by atoms with Crippen LogP contribution in [0.25, 0.3) is 0 Å². The van der Waals surface area contributed by atoms with Crippen LogP contribution in [-0.2, 0) is 13.6 Å². The van der Waals surface area contributed by atoms with Crippen LogP contribution >= 0.6 is 7.82 Å². The summed E-state index contributed by atoms with van der Waals surface area (Å²) in [5.41, 5.74) is -0.860. The average molecular weight is 451 g/mol. The van der Waals surface area contributed by atoms with Crippen LogP contribution in [0.1, 0.15) is 111 Å². The maximum Gasteiger partial charge on any atom is 1.00 e. The molecule has 170 valence electrons. The van der Waals surface area contributed by atoms with E-state index in [1.165, 1.54) is 70.6 Å². The van der Waals surface area contributed by atoms with E-state index in [9.17, 15) is 9.46 Å². The number of rotatable bonds is 18. The van der Waals surface area contributed by atoms with Crippen LogP contribution in [-0.4, -0.2) is 12.2 Å². The van der Waals surface area contributed by atoms with Crippen molar-refractivity contribution in [1.82, 2.24) is 0 Å². The normalized spacial score (nSPS) is 22.6. The summed E-state index contributed by atoms with van der Waals surface area (Å²) in [7, 11) is -4.29. The molecule has 0 saturated carbocycles. The Morgan fingerprint density at radius 3 is 1.80 bits per heavy atom. The van der Waals surface area contributed by atoms with E-state index in [4.69, 9.17) is 9.05 Å². The van der Waals surface area contributed by atoms with Crippen molar-refractivity contribution in [2.45, 2.75) is 116 Å². The van der Waals surface area contributed by atoms with E-state index >= 15 is 0 Å². The molecule has 0 amide bonds. The van der Waals surface area contributed by atoms with Crippen LogP contribution in [0.2, 0.25) is 0 Å². The molecule has 0 aromatic carbocycles. The second kappa shape index (κ2) is 18.1. The van der Waals surface area contributed by atoms with Gasteiger partial charge in [-0.25, -0.2) is 0 Å². The molecule has 0 N–H and O–H groups in total. The zero-order valence-electron chi connectivity index (χ0n) is 20.1. The largest absolute Gasteiger partial charge is 1.00 e. The summed E-state index contributed by atoms with van der Waals surface area (Å²) in [6.45, 7) is 6.19. The van der Waals surface area contributed by atoms with E-state index in [1.54, 1.807) is 13.0 Å². The van der Waals surface area contributed by atoms with E-state index in [0.29, 0.717) is 0 Å². The van der Waals surface area contributed by atoms with Gasteiger partial charge in [-0.3, -0.25) is 4.57 Å². The molecule has 0 bridgehead atoms. The maximum atomic E-state index is 12.1. The molecule has 3 atom stereocenters. The second-order valence-corrected chi connectivity index (χ2v) is 10.0. The Morgan fingerprint density at radius 1 is 0.867 bits per heavy atom. The summed E-state index contributed by atoms with van der Waals surface area (Å²) >= 11 is 0. The van der Waals surface area contributed by atoms with Gasteiger partial charge in [-0.05, 0) is 13.3 Å². The van der Waals surface area contributed by atoms with Gasteiger partial charge in [0.25, 0.3) is 7.82 Å². The van der Waals surface area contributed by atoms with Gasteiger partial charge in [-0.15, -0.1) is 0 Å². The third-order valence-corrected chi connectivity index (χ3v) is 7.01. The molecule has 0 spiro atoms. The van der Waals surface area contributed by atoms with Crippen LogP contribution in [0.3, 0.4) is 0 Å². The monoisotopic (exact) mass is 450 g/mol. The van der Waals surface area contributed by atoms with Gasteiger partial charge in [-0.1, -0.05) is 122 Å². The molecule has 0 aromatic heterocycles. The van der Waals surface area contributed by atoms with Crippen molar-refractivity contribution >= 4 is 7.82 Å². The molecule has 30 heavy (non-hydrogen) atoms. The summed E-state index contributed by atoms with van der Waals surface area (Å²) in [5, 5.41) is 0. The molecule has 4 nitrogen and oxygen atoms in total. The number of phosphoric ester groups is 1. The van der Waals surface area contributed by atoms with Gasteiger partial charge < -0.3 is 13.9 Å². The van der Waals surface area contributed by atoms with Gasteiger partial charge in [-0.2, -0.15) is 0 Å². The van der Waals surface area contributed by atoms with Crippen LogP contribution in [0.15, 0.2) is 24.3 Å². The second-order valence-electron chi connectivity index (χ2n) is 8.68. The molecule has 0 fully saturated rings. The smallest absolute Gasteiger partial charge is 0.756 e. The van der Waals surface area contributed by atoms with Crippen LogP contribution in [0.4, 0.5) is 0 Å². The zero-order chi connectivity index (χ0) is 21.4. The van der Waals surface area contributed by atoms with Crippen molar-refractivity contribution in [3.8, 4) is 0 Å². The molecule has 0 heterocycles. The maximum absolute atomic E-state index is 12.1. The third-order valence-electron chi connectivity index (χ3n) is 5.90. The number of phosphoric acid groups is 1. The number of allylic oxidation sites excluding steroid dienone is 2. The fourth-order valence-corrected chi connectivity index (χ4v) is 4.79. The Balaban J connectivity index is 0.00000841. The van der Waals surface area contributed by atoms with Crippen LogP contribution in [0.5, 0.6) is 0 Å². The van der Waals surface area contributed by atoms with E-state index in [1.807, 2.05) is 25.2 Å². The summed E-state index contributed by atoms with van der Waals surface area (Å²) < 4.78 is 22.5. The first kappa shape index (κ1) is 30.6. The molecule has 0 aliphatic heterocycles. The minimum atomic E-state index is -4.29. The Labute approximate surface area is 208 Å². The molecule has 6 heteroatoms. The molecule has 1 aliphatic rings. The molecular formula is C24H44NaO4P. The predicted octanol–water partition coefficient (Wildman–Crippen LogP) is 4.49. The number of unbranched alkanes of at least 4 members (excludes halogenated alkanes) is 13. The van der Waals surface area contributed by atoms with E-state index in [0.717, 1.165) is 19.3 Å². The van der Waals surface area contributed by atoms with E-state index in [-0.39, 0.29) is 42.1 Å². The first-order chi connectivity index (χ1) is 13.9. The molecular weight excluding hydrogens is 406 g/mol. The zero-order valence-corrected chi connectivity index (χ0v) is 23.0. The Morgan fingerprint density at radius 2 is 1.33 bits per heavy atom. The van der Waals surface area contributed by atoms with Crippen molar-refractivity contribution in [1.29, 1.82) is 0 Å². The van der Waals surface area contributed by atoms with E-state index in [2.05, 4.69) is 6.92 Å². The third kappa shape index (κ3) is 14.6. The van der Waals surface area contributed by atoms with Crippen molar-refractivity contribution in [2.75, 3.05) is 6.61 Å². The SMILES string of the molecule is CCCCCCCCCCCCCCCCOP(=O)([O-])OC1(C)C=CC=CC1C.[Na+]. The summed E-state index contributed by atoms with van der Waals surface area (Å²) in [4.78, 5) is 12.1.